The first kappa shape index (κ1) is 14.7. The second-order valence-electron chi connectivity index (χ2n) is 6.13. The van der Waals surface area contributed by atoms with Crippen LogP contribution in [-0.2, 0) is 0 Å². The molecule has 0 radical (unpaired) electrons. The number of nitrogens with zero attached hydrogens (tertiary/aromatic N) is 1. The first-order valence-corrected chi connectivity index (χ1v) is 7.01. The summed E-state index contributed by atoms with van der Waals surface area (Å²) < 4.78 is 0. The molecule has 0 bridgehead atoms. The highest BCUT2D eigenvalue weighted by atomic mass is 16.1. The molecule has 5 nitrogen and oxygen atoms in total. The fourth-order valence-corrected chi connectivity index (χ4v) is 2.53. The molecule has 1 aromatic rings. The van der Waals surface area contributed by atoms with E-state index in [0.717, 1.165) is 25.3 Å². The first-order valence-electron chi connectivity index (χ1n) is 7.01. The number of primary amides is 1. The summed E-state index contributed by atoms with van der Waals surface area (Å²) in [5.41, 5.74) is 13.0. The Balaban J connectivity index is 2.00. The topological polar surface area (TPSA) is 84.4 Å². The molecule has 0 aliphatic carbocycles. The number of piperidine rings is 1. The minimum Gasteiger partial charge on any atom is -0.398 e. The van der Waals surface area contributed by atoms with Gasteiger partial charge in [-0.25, -0.2) is 0 Å². The van der Waals surface area contributed by atoms with Crippen LogP contribution in [0.25, 0.3) is 0 Å². The second kappa shape index (κ2) is 5.71. The summed E-state index contributed by atoms with van der Waals surface area (Å²) >= 11 is 0. The van der Waals surface area contributed by atoms with Crippen LogP contribution in [0.5, 0.6) is 0 Å². The minimum atomic E-state index is -0.489. The molecule has 0 aromatic heterocycles. The maximum absolute atomic E-state index is 11.3. The van der Waals surface area contributed by atoms with E-state index in [1.165, 1.54) is 12.8 Å². The summed E-state index contributed by atoms with van der Waals surface area (Å²) in [6.07, 6.45) is 2.35. The van der Waals surface area contributed by atoms with Gasteiger partial charge in [-0.05, 0) is 56.6 Å². The predicted octanol–water partition coefficient (Wildman–Crippen LogP) is 1.51. The molecule has 5 N–H and O–H groups in total. The average Bonchev–Trinajstić information content (AvgIpc) is 2.41. The fraction of sp³-hybridized carbons (Fsp3) is 0.533. The third kappa shape index (κ3) is 3.42. The van der Waals surface area contributed by atoms with Crippen LogP contribution in [0.2, 0.25) is 0 Å². The molecule has 1 aliphatic heterocycles. The van der Waals surface area contributed by atoms with Crippen LogP contribution in [0.3, 0.4) is 0 Å². The number of nitrogens with two attached hydrogens (primary N) is 2. The second-order valence-corrected chi connectivity index (χ2v) is 6.13. The fourth-order valence-electron chi connectivity index (χ4n) is 2.53. The number of carbonyl (C=O) groups is 1. The van der Waals surface area contributed by atoms with Crippen molar-refractivity contribution in [3.8, 4) is 0 Å². The van der Waals surface area contributed by atoms with E-state index in [4.69, 9.17) is 11.5 Å². The Hall–Kier alpha value is -1.75. The SMILES string of the molecule is CN1CCC(C)(CNc2ccc(N)c(C(N)=O)c2)CC1. The average molecular weight is 276 g/mol. The zero-order chi connectivity index (χ0) is 14.8. The van der Waals surface area contributed by atoms with E-state index in [1.807, 2.05) is 6.07 Å². The Kier molecular flexibility index (Phi) is 4.18. The lowest BCUT2D eigenvalue weighted by Gasteiger charge is -2.38. The highest BCUT2D eigenvalue weighted by Gasteiger charge is 2.28. The molecule has 0 atom stereocenters. The first-order chi connectivity index (χ1) is 9.39. The van der Waals surface area contributed by atoms with Crippen molar-refractivity contribution in [2.75, 3.05) is 37.7 Å². The zero-order valence-corrected chi connectivity index (χ0v) is 12.3. The van der Waals surface area contributed by atoms with Crippen molar-refractivity contribution in [3.63, 3.8) is 0 Å². The van der Waals surface area contributed by atoms with Crippen molar-refractivity contribution in [1.82, 2.24) is 4.90 Å². The van der Waals surface area contributed by atoms with Gasteiger partial charge in [0, 0.05) is 17.9 Å². The van der Waals surface area contributed by atoms with Crippen LogP contribution in [0.4, 0.5) is 11.4 Å². The van der Waals surface area contributed by atoms with Gasteiger partial charge in [-0.3, -0.25) is 4.79 Å². The monoisotopic (exact) mass is 276 g/mol. The van der Waals surface area contributed by atoms with E-state index in [2.05, 4.69) is 24.2 Å². The van der Waals surface area contributed by atoms with Gasteiger partial charge in [-0.2, -0.15) is 0 Å². The van der Waals surface area contributed by atoms with Crippen molar-refractivity contribution in [2.45, 2.75) is 19.8 Å². The number of hydrogen-bond donors (Lipinski definition) is 3. The van der Waals surface area contributed by atoms with Gasteiger partial charge in [0.1, 0.15) is 0 Å². The number of likely N-dealkylation sites (tertiary alicyclic amines) is 1. The number of anilines is 2. The van der Waals surface area contributed by atoms with Gasteiger partial charge in [0.05, 0.1) is 5.56 Å². The highest BCUT2D eigenvalue weighted by molar-refractivity contribution is 5.98. The van der Waals surface area contributed by atoms with Crippen LogP contribution in [0, 0.1) is 5.41 Å². The van der Waals surface area contributed by atoms with Gasteiger partial charge >= 0.3 is 0 Å². The number of hydrogen-bond acceptors (Lipinski definition) is 4. The van der Waals surface area contributed by atoms with Crippen molar-refractivity contribution >= 4 is 17.3 Å². The van der Waals surface area contributed by atoms with Gasteiger partial charge in [0.15, 0.2) is 0 Å². The molecule has 1 aliphatic rings. The molecule has 0 unspecified atom stereocenters. The van der Waals surface area contributed by atoms with Crippen molar-refractivity contribution in [3.05, 3.63) is 23.8 Å². The number of amides is 1. The van der Waals surface area contributed by atoms with Gasteiger partial charge in [0.2, 0.25) is 0 Å². The van der Waals surface area contributed by atoms with E-state index in [-0.39, 0.29) is 0 Å². The van der Waals surface area contributed by atoms with E-state index < -0.39 is 5.91 Å². The van der Waals surface area contributed by atoms with Crippen molar-refractivity contribution in [2.24, 2.45) is 11.1 Å². The molecule has 1 amide bonds. The van der Waals surface area contributed by atoms with E-state index in [9.17, 15) is 4.79 Å². The Labute approximate surface area is 120 Å². The van der Waals surface area contributed by atoms with Gasteiger partial charge in [0.25, 0.3) is 5.91 Å². The summed E-state index contributed by atoms with van der Waals surface area (Å²) in [6.45, 7) is 5.46. The lowest BCUT2D eigenvalue weighted by atomic mass is 9.80. The number of nitrogen functional groups attached to an aromatic ring is 1. The lowest BCUT2D eigenvalue weighted by Crippen LogP contribution is -2.40. The van der Waals surface area contributed by atoms with Crippen LogP contribution < -0.4 is 16.8 Å². The molecule has 5 heteroatoms. The van der Waals surface area contributed by atoms with Crippen LogP contribution in [0.15, 0.2) is 18.2 Å². The van der Waals surface area contributed by atoms with Crippen LogP contribution >= 0.6 is 0 Å². The summed E-state index contributed by atoms with van der Waals surface area (Å²) in [5, 5.41) is 3.41. The summed E-state index contributed by atoms with van der Waals surface area (Å²) in [4.78, 5) is 13.6. The summed E-state index contributed by atoms with van der Waals surface area (Å²) in [7, 11) is 2.16. The molecular formula is C15H24N4O. The van der Waals surface area contributed by atoms with Gasteiger partial charge < -0.3 is 21.7 Å². The Bertz CT molecular complexity index is 493. The minimum absolute atomic E-state index is 0.292. The molecule has 0 saturated carbocycles. The normalized spacial score (nSPS) is 18.7. The third-order valence-corrected chi connectivity index (χ3v) is 4.23. The van der Waals surface area contributed by atoms with Crippen molar-refractivity contribution < 1.29 is 4.79 Å². The molecule has 2 rings (SSSR count). The third-order valence-electron chi connectivity index (χ3n) is 4.23. The van der Waals surface area contributed by atoms with E-state index in [0.29, 0.717) is 16.7 Å². The zero-order valence-electron chi connectivity index (χ0n) is 12.3. The maximum Gasteiger partial charge on any atom is 0.250 e. The quantitative estimate of drug-likeness (QED) is 0.728. The Morgan fingerprint density at radius 2 is 2.05 bits per heavy atom. The molecule has 0 spiro atoms. The van der Waals surface area contributed by atoms with E-state index in [1.54, 1.807) is 12.1 Å². The maximum atomic E-state index is 11.3. The van der Waals surface area contributed by atoms with Crippen LogP contribution in [-0.4, -0.2) is 37.5 Å². The predicted molar refractivity (Wildman–Crippen MR) is 82.7 cm³/mol. The number of carbonyl (C=O) groups excluding carboxylic acids is 1. The number of nitrogens with one attached hydrogen (secondary N) is 1. The van der Waals surface area contributed by atoms with Gasteiger partial charge in [-0.1, -0.05) is 6.92 Å². The highest BCUT2D eigenvalue weighted by Crippen LogP contribution is 2.31. The molecule has 20 heavy (non-hydrogen) atoms. The van der Waals surface area contributed by atoms with E-state index >= 15 is 0 Å². The Morgan fingerprint density at radius 3 is 2.65 bits per heavy atom. The smallest absolute Gasteiger partial charge is 0.250 e. The number of rotatable bonds is 4. The molecule has 1 saturated heterocycles. The largest absolute Gasteiger partial charge is 0.398 e. The number of benzene rings is 1. The Morgan fingerprint density at radius 1 is 1.40 bits per heavy atom. The van der Waals surface area contributed by atoms with Crippen molar-refractivity contribution in [1.29, 1.82) is 0 Å². The summed E-state index contributed by atoms with van der Waals surface area (Å²) in [6, 6.07) is 5.34. The molecule has 1 fully saturated rings. The molecule has 1 heterocycles. The molecular weight excluding hydrogens is 252 g/mol. The lowest BCUT2D eigenvalue weighted by molar-refractivity contribution is 0.100. The molecule has 1 aromatic carbocycles. The standard InChI is InChI=1S/C15H24N4O/c1-15(5-7-19(2)8-6-15)10-18-11-3-4-13(16)12(9-11)14(17)20/h3-4,9,18H,5-8,10,16H2,1-2H3,(H2,17,20). The molecule has 110 valence electrons. The summed E-state index contributed by atoms with van der Waals surface area (Å²) in [5.74, 6) is -0.489. The van der Waals surface area contributed by atoms with Crippen LogP contribution in [0.1, 0.15) is 30.1 Å². The van der Waals surface area contributed by atoms with Gasteiger partial charge in [-0.15, -0.1) is 0 Å².